The molecule has 1 heteroatoms. The SMILES string of the molecule is CCCCCCCCCCCCCCCCC=COC=CCCCCCCCCCCCCCCCC. The van der Waals surface area contributed by atoms with E-state index in [0.29, 0.717) is 0 Å². The molecule has 0 heterocycles. The van der Waals surface area contributed by atoms with E-state index in [9.17, 15) is 0 Å². The molecule has 0 aromatic carbocycles. The van der Waals surface area contributed by atoms with Gasteiger partial charge in [-0.1, -0.05) is 181 Å². The van der Waals surface area contributed by atoms with Crippen LogP contribution in [-0.2, 0) is 4.74 Å². The lowest BCUT2D eigenvalue weighted by Crippen LogP contribution is -1.83. The molecule has 0 saturated carbocycles. The minimum absolute atomic E-state index is 1.16. The molecule has 1 nitrogen and oxygen atoms in total. The molecule has 0 unspecified atom stereocenters. The first-order valence-electron chi connectivity index (χ1n) is 17.4. The lowest BCUT2D eigenvalue weighted by Gasteiger charge is -2.03. The molecular weight excluding hydrogens is 448 g/mol. The smallest absolute Gasteiger partial charge is 0.0861 e. The molecule has 220 valence electrons. The van der Waals surface area contributed by atoms with Crippen molar-refractivity contribution in [2.75, 3.05) is 0 Å². The molecule has 0 spiro atoms. The van der Waals surface area contributed by atoms with Crippen LogP contribution in [0, 0.1) is 0 Å². The third kappa shape index (κ3) is 35.3. The monoisotopic (exact) mass is 519 g/mol. The summed E-state index contributed by atoms with van der Waals surface area (Å²) in [7, 11) is 0. The first-order valence-corrected chi connectivity index (χ1v) is 17.4. The molecule has 0 aliphatic carbocycles. The van der Waals surface area contributed by atoms with Crippen molar-refractivity contribution >= 4 is 0 Å². The van der Waals surface area contributed by atoms with Crippen LogP contribution in [0.5, 0.6) is 0 Å². The average molecular weight is 519 g/mol. The highest BCUT2D eigenvalue weighted by Gasteiger charge is 1.95. The molecule has 0 aliphatic heterocycles. The molecule has 0 radical (unpaired) electrons. The molecule has 0 rings (SSSR count). The van der Waals surface area contributed by atoms with Gasteiger partial charge in [0, 0.05) is 0 Å². The Morgan fingerprint density at radius 2 is 0.514 bits per heavy atom. The van der Waals surface area contributed by atoms with Crippen molar-refractivity contribution in [3.8, 4) is 0 Å². The largest absolute Gasteiger partial charge is 0.473 e. The zero-order chi connectivity index (χ0) is 26.7. The zero-order valence-corrected chi connectivity index (χ0v) is 25.9. The minimum Gasteiger partial charge on any atom is -0.473 e. The fraction of sp³-hybridized carbons (Fsp3) is 0.889. The lowest BCUT2D eigenvalue weighted by atomic mass is 10.0. The standard InChI is InChI=1S/C36H70O/c1-3-5-7-9-11-13-15-17-19-21-23-25-27-29-31-33-35-37-36-34-32-30-28-26-24-22-20-18-16-14-12-10-8-6-4-2/h33-36H,3-32H2,1-2H3. The molecule has 0 aromatic rings. The van der Waals surface area contributed by atoms with E-state index in [1.165, 1.54) is 180 Å². The highest BCUT2D eigenvalue weighted by molar-refractivity contribution is 4.79. The van der Waals surface area contributed by atoms with E-state index in [1.54, 1.807) is 0 Å². The van der Waals surface area contributed by atoms with Crippen LogP contribution in [0.2, 0.25) is 0 Å². The van der Waals surface area contributed by atoms with Crippen LogP contribution in [0.4, 0.5) is 0 Å². The van der Waals surface area contributed by atoms with Gasteiger partial charge in [0.2, 0.25) is 0 Å². The Morgan fingerprint density at radius 3 is 0.757 bits per heavy atom. The maximum Gasteiger partial charge on any atom is 0.0861 e. The number of ether oxygens (including phenoxy) is 1. The summed E-state index contributed by atoms with van der Waals surface area (Å²) >= 11 is 0. The highest BCUT2D eigenvalue weighted by Crippen LogP contribution is 2.15. The zero-order valence-electron chi connectivity index (χ0n) is 25.9. The predicted octanol–water partition coefficient (Wildman–Crippen LogP) is 13.8. The average Bonchev–Trinajstić information content (AvgIpc) is 2.91. The van der Waals surface area contributed by atoms with Crippen LogP contribution in [0.3, 0.4) is 0 Å². The predicted molar refractivity (Wildman–Crippen MR) is 169 cm³/mol. The Balaban J connectivity index is 3.14. The van der Waals surface area contributed by atoms with E-state index in [0.717, 1.165) is 12.8 Å². The van der Waals surface area contributed by atoms with Crippen LogP contribution in [0.1, 0.15) is 206 Å². The first-order chi connectivity index (χ1) is 18.4. The Hall–Kier alpha value is -0.720. The summed E-state index contributed by atoms with van der Waals surface area (Å²) in [6.45, 7) is 4.60. The number of hydrogen-bond acceptors (Lipinski definition) is 1. The minimum atomic E-state index is 1.16. The Bertz CT molecular complexity index is 398. The number of unbranched alkanes of at least 4 members (excludes halogenated alkanes) is 28. The van der Waals surface area contributed by atoms with Gasteiger partial charge >= 0.3 is 0 Å². The molecule has 0 atom stereocenters. The van der Waals surface area contributed by atoms with Gasteiger partial charge in [0.25, 0.3) is 0 Å². The van der Waals surface area contributed by atoms with Crippen molar-refractivity contribution in [3.05, 3.63) is 24.7 Å². The van der Waals surface area contributed by atoms with Gasteiger partial charge in [-0.2, -0.15) is 0 Å². The van der Waals surface area contributed by atoms with E-state index in [2.05, 4.69) is 26.0 Å². The summed E-state index contributed by atoms with van der Waals surface area (Å²) < 4.78 is 5.51. The fourth-order valence-electron chi connectivity index (χ4n) is 5.21. The summed E-state index contributed by atoms with van der Waals surface area (Å²) in [5.74, 6) is 0. The summed E-state index contributed by atoms with van der Waals surface area (Å²) in [4.78, 5) is 0. The van der Waals surface area contributed by atoms with Crippen LogP contribution in [0.15, 0.2) is 24.7 Å². The molecule has 0 N–H and O–H groups in total. The van der Waals surface area contributed by atoms with E-state index < -0.39 is 0 Å². The number of hydrogen-bond donors (Lipinski definition) is 0. The van der Waals surface area contributed by atoms with E-state index in [-0.39, 0.29) is 0 Å². The Labute approximate surface area is 235 Å². The summed E-state index contributed by atoms with van der Waals surface area (Å²) in [6.07, 6.45) is 50.4. The molecule has 37 heavy (non-hydrogen) atoms. The van der Waals surface area contributed by atoms with Gasteiger partial charge in [0.05, 0.1) is 12.5 Å². The second-order valence-corrected chi connectivity index (χ2v) is 11.6. The third-order valence-corrected chi connectivity index (χ3v) is 7.80. The summed E-state index contributed by atoms with van der Waals surface area (Å²) in [6, 6.07) is 0. The highest BCUT2D eigenvalue weighted by atomic mass is 16.5. The lowest BCUT2D eigenvalue weighted by molar-refractivity contribution is 0.397. The molecule has 0 bridgehead atoms. The van der Waals surface area contributed by atoms with Gasteiger partial charge in [-0.05, 0) is 37.8 Å². The van der Waals surface area contributed by atoms with Crippen LogP contribution < -0.4 is 0 Å². The fourth-order valence-corrected chi connectivity index (χ4v) is 5.21. The quantitative estimate of drug-likeness (QED) is 0.0635. The molecule has 0 saturated heterocycles. The van der Waals surface area contributed by atoms with Gasteiger partial charge in [-0.15, -0.1) is 0 Å². The van der Waals surface area contributed by atoms with Gasteiger partial charge in [0.1, 0.15) is 0 Å². The second kappa shape index (κ2) is 35.3. The van der Waals surface area contributed by atoms with Gasteiger partial charge in [-0.25, -0.2) is 0 Å². The van der Waals surface area contributed by atoms with Crippen molar-refractivity contribution < 1.29 is 4.74 Å². The van der Waals surface area contributed by atoms with Gasteiger partial charge in [-0.3, -0.25) is 0 Å². The second-order valence-electron chi connectivity index (χ2n) is 11.6. The summed E-state index contributed by atoms with van der Waals surface area (Å²) in [5.41, 5.74) is 0. The van der Waals surface area contributed by atoms with Crippen molar-refractivity contribution in [3.63, 3.8) is 0 Å². The van der Waals surface area contributed by atoms with E-state index >= 15 is 0 Å². The maximum absolute atomic E-state index is 5.51. The van der Waals surface area contributed by atoms with Gasteiger partial charge in [0.15, 0.2) is 0 Å². The Morgan fingerprint density at radius 1 is 0.297 bits per heavy atom. The van der Waals surface area contributed by atoms with Crippen LogP contribution in [-0.4, -0.2) is 0 Å². The number of allylic oxidation sites excluding steroid dienone is 2. The Kier molecular flexibility index (Phi) is 34.6. The van der Waals surface area contributed by atoms with Crippen molar-refractivity contribution in [1.29, 1.82) is 0 Å². The summed E-state index contributed by atoms with van der Waals surface area (Å²) in [5, 5.41) is 0. The molecule has 0 amide bonds. The van der Waals surface area contributed by atoms with E-state index in [4.69, 9.17) is 4.74 Å². The van der Waals surface area contributed by atoms with Crippen LogP contribution in [0.25, 0.3) is 0 Å². The molecule has 0 aromatic heterocycles. The van der Waals surface area contributed by atoms with Crippen LogP contribution >= 0.6 is 0 Å². The molecule has 0 fully saturated rings. The van der Waals surface area contributed by atoms with E-state index in [1.807, 2.05) is 12.5 Å². The third-order valence-electron chi connectivity index (χ3n) is 7.80. The molecular formula is C36H70O. The van der Waals surface area contributed by atoms with Crippen molar-refractivity contribution in [1.82, 2.24) is 0 Å². The maximum atomic E-state index is 5.51. The topological polar surface area (TPSA) is 9.23 Å². The normalized spacial score (nSPS) is 11.8. The van der Waals surface area contributed by atoms with Crippen molar-refractivity contribution in [2.24, 2.45) is 0 Å². The molecule has 0 aliphatic rings. The van der Waals surface area contributed by atoms with Gasteiger partial charge < -0.3 is 4.74 Å². The van der Waals surface area contributed by atoms with Crippen molar-refractivity contribution in [2.45, 2.75) is 206 Å². The first kappa shape index (κ1) is 36.3. The number of rotatable bonds is 32.